The highest BCUT2D eigenvalue weighted by Gasteiger charge is 2.19. The van der Waals surface area contributed by atoms with E-state index in [1.54, 1.807) is 0 Å². The molecule has 9 aromatic carbocycles. The van der Waals surface area contributed by atoms with Gasteiger partial charge in [-0.3, -0.25) is 0 Å². The van der Waals surface area contributed by atoms with Gasteiger partial charge in [0.1, 0.15) is 11.2 Å². The van der Waals surface area contributed by atoms with E-state index < -0.39 is 0 Å². The first-order valence-electron chi connectivity index (χ1n) is 19.2. The van der Waals surface area contributed by atoms with Gasteiger partial charge in [0, 0.05) is 27.5 Å². The molecule has 2 aromatic heterocycles. The number of hydrogen-bond donors (Lipinski definition) is 0. The Morgan fingerprint density at radius 2 is 0.825 bits per heavy atom. The molecule has 11 rings (SSSR count). The molecule has 0 amide bonds. The molecule has 0 N–H and O–H groups in total. The summed E-state index contributed by atoms with van der Waals surface area (Å²) < 4.78 is 6.60. The van der Waals surface area contributed by atoms with Crippen molar-refractivity contribution in [2.75, 3.05) is 0 Å². The Morgan fingerprint density at radius 3 is 1.60 bits per heavy atom. The molecule has 0 aliphatic carbocycles. The Labute approximate surface area is 329 Å². The molecule has 57 heavy (non-hydrogen) atoms. The third-order valence-corrected chi connectivity index (χ3v) is 10.9. The number of fused-ring (bicyclic) bond motifs is 6. The van der Waals surface area contributed by atoms with Crippen LogP contribution >= 0.6 is 0 Å². The fourth-order valence-electron chi connectivity index (χ4n) is 8.14. The normalized spacial score (nSPS) is 11.5. The van der Waals surface area contributed by atoms with E-state index in [9.17, 15) is 0 Å². The maximum absolute atomic E-state index is 6.60. The third kappa shape index (κ3) is 5.83. The van der Waals surface area contributed by atoms with Crippen LogP contribution in [0.1, 0.15) is 0 Å². The Kier molecular flexibility index (Phi) is 7.78. The minimum absolute atomic E-state index is 0.580. The number of nitrogens with zero attached hydrogens (tertiary/aromatic N) is 3. The van der Waals surface area contributed by atoms with Crippen LogP contribution in [-0.2, 0) is 0 Å². The van der Waals surface area contributed by atoms with Gasteiger partial charge in [-0.05, 0) is 85.3 Å². The number of benzene rings is 9. The summed E-state index contributed by atoms with van der Waals surface area (Å²) in [7, 11) is 0. The topological polar surface area (TPSA) is 51.8 Å². The summed E-state index contributed by atoms with van der Waals surface area (Å²) in [4.78, 5) is 15.6. The van der Waals surface area contributed by atoms with Gasteiger partial charge in [0.15, 0.2) is 17.5 Å². The summed E-state index contributed by atoms with van der Waals surface area (Å²) in [5, 5.41) is 6.72. The van der Waals surface area contributed by atoms with Crippen LogP contribution in [0.2, 0.25) is 0 Å². The first-order chi connectivity index (χ1) is 28.2. The van der Waals surface area contributed by atoms with Crippen LogP contribution in [-0.4, -0.2) is 15.0 Å². The molecule has 0 fully saturated rings. The molecule has 0 bridgehead atoms. The molecule has 0 aliphatic heterocycles. The van der Waals surface area contributed by atoms with Gasteiger partial charge in [-0.1, -0.05) is 170 Å². The summed E-state index contributed by atoms with van der Waals surface area (Å²) in [6.07, 6.45) is 0. The molecule has 0 spiro atoms. The molecule has 4 nitrogen and oxygen atoms in total. The predicted molar refractivity (Wildman–Crippen MR) is 235 cm³/mol. The average molecular weight is 728 g/mol. The second kappa shape index (κ2) is 13.6. The van der Waals surface area contributed by atoms with Crippen molar-refractivity contribution in [3.63, 3.8) is 0 Å². The van der Waals surface area contributed by atoms with Gasteiger partial charge in [-0.15, -0.1) is 0 Å². The molecule has 0 saturated carbocycles. The van der Waals surface area contributed by atoms with E-state index in [-0.39, 0.29) is 0 Å². The van der Waals surface area contributed by atoms with Crippen molar-refractivity contribution >= 4 is 43.5 Å². The van der Waals surface area contributed by atoms with Gasteiger partial charge in [0.05, 0.1) is 0 Å². The highest BCUT2D eigenvalue weighted by molar-refractivity contribution is 6.14. The Balaban J connectivity index is 1.08. The number of hydrogen-bond acceptors (Lipinski definition) is 4. The number of aromatic nitrogens is 3. The zero-order chi connectivity index (χ0) is 37.7. The minimum atomic E-state index is 0.580. The van der Waals surface area contributed by atoms with Crippen LogP contribution in [0.4, 0.5) is 0 Å². The zero-order valence-corrected chi connectivity index (χ0v) is 30.8. The average Bonchev–Trinajstić information content (AvgIpc) is 3.68. The van der Waals surface area contributed by atoms with E-state index >= 15 is 0 Å². The second-order valence-corrected chi connectivity index (χ2v) is 14.4. The SMILES string of the molecule is c1ccc(-c2ccc(-c3cccc4oc5cc(-c6nc(-c7cccc(-c8ccccc8)c7)nc(-c7cc8ccccc8c8ccccc78)n6)ccc5c34)cc2)cc1. The molecule has 0 aliphatic rings. The molecule has 11 aromatic rings. The quantitative estimate of drug-likeness (QED) is 0.160. The number of rotatable bonds is 6. The molecule has 0 unspecified atom stereocenters. The smallest absolute Gasteiger partial charge is 0.164 e. The summed E-state index contributed by atoms with van der Waals surface area (Å²) in [5.74, 6) is 1.81. The van der Waals surface area contributed by atoms with Crippen molar-refractivity contribution in [1.82, 2.24) is 15.0 Å². The summed E-state index contributed by atoms with van der Waals surface area (Å²) in [5.41, 5.74) is 11.2. The van der Waals surface area contributed by atoms with Crippen molar-refractivity contribution in [2.45, 2.75) is 0 Å². The first kappa shape index (κ1) is 32.7. The minimum Gasteiger partial charge on any atom is -0.456 e. The first-order valence-corrected chi connectivity index (χ1v) is 19.2. The molecule has 2 heterocycles. The Morgan fingerprint density at radius 1 is 0.281 bits per heavy atom. The molecule has 0 saturated heterocycles. The lowest BCUT2D eigenvalue weighted by Crippen LogP contribution is -2.01. The molecule has 266 valence electrons. The van der Waals surface area contributed by atoms with Gasteiger partial charge in [0.25, 0.3) is 0 Å². The molecular formula is C53H33N3O. The van der Waals surface area contributed by atoms with E-state index in [4.69, 9.17) is 19.4 Å². The Hall–Kier alpha value is -7.69. The number of furan rings is 1. The summed E-state index contributed by atoms with van der Waals surface area (Å²) in [6, 6.07) is 69.9. The van der Waals surface area contributed by atoms with Gasteiger partial charge in [-0.2, -0.15) is 0 Å². The van der Waals surface area contributed by atoms with Gasteiger partial charge in [-0.25, -0.2) is 15.0 Å². The van der Waals surface area contributed by atoms with Crippen LogP contribution in [0.15, 0.2) is 205 Å². The van der Waals surface area contributed by atoms with E-state index in [0.29, 0.717) is 17.5 Å². The lowest BCUT2D eigenvalue weighted by atomic mass is 9.96. The maximum atomic E-state index is 6.60. The molecular weight excluding hydrogens is 695 g/mol. The van der Waals surface area contributed by atoms with Crippen LogP contribution in [0, 0.1) is 0 Å². The summed E-state index contributed by atoms with van der Waals surface area (Å²) in [6.45, 7) is 0. The van der Waals surface area contributed by atoms with Crippen molar-refractivity contribution in [1.29, 1.82) is 0 Å². The van der Waals surface area contributed by atoms with E-state index in [1.165, 1.54) is 16.5 Å². The van der Waals surface area contributed by atoms with Crippen LogP contribution in [0.5, 0.6) is 0 Å². The van der Waals surface area contributed by atoms with Crippen LogP contribution < -0.4 is 0 Å². The van der Waals surface area contributed by atoms with Gasteiger partial charge < -0.3 is 4.42 Å². The van der Waals surface area contributed by atoms with Crippen molar-refractivity contribution < 1.29 is 4.42 Å². The standard InChI is InChI=1S/C53H33N3O/c1-3-13-34(14-4-1)36-25-27-37(28-26-36)43-23-12-24-48-50(43)46-30-29-41(33-49(46)57-48)52-54-51(40-19-11-18-38(31-40)35-15-5-2-6-16-35)55-53(56-52)47-32-39-17-7-8-20-42(39)44-21-9-10-22-45(44)47/h1-33H. The summed E-state index contributed by atoms with van der Waals surface area (Å²) >= 11 is 0. The molecule has 4 heteroatoms. The van der Waals surface area contributed by atoms with Gasteiger partial charge in [0.2, 0.25) is 0 Å². The fraction of sp³-hybridized carbons (Fsp3) is 0. The van der Waals surface area contributed by atoms with Crippen molar-refractivity contribution in [3.8, 4) is 67.5 Å². The molecule has 0 atom stereocenters. The zero-order valence-electron chi connectivity index (χ0n) is 30.8. The monoisotopic (exact) mass is 727 g/mol. The second-order valence-electron chi connectivity index (χ2n) is 14.4. The third-order valence-electron chi connectivity index (χ3n) is 10.9. The van der Waals surface area contributed by atoms with Crippen molar-refractivity contribution in [2.24, 2.45) is 0 Å². The van der Waals surface area contributed by atoms with E-state index in [0.717, 1.165) is 77.0 Å². The Bertz CT molecular complexity index is 3280. The lowest BCUT2D eigenvalue weighted by molar-refractivity contribution is 0.669. The van der Waals surface area contributed by atoms with Crippen molar-refractivity contribution in [3.05, 3.63) is 200 Å². The largest absolute Gasteiger partial charge is 0.456 e. The van der Waals surface area contributed by atoms with Gasteiger partial charge >= 0.3 is 0 Å². The highest BCUT2D eigenvalue weighted by Crippen LogP contribution is 2.40. The van der Waals surface area contributed by atoms with E-state index in [1.807, 2.05) is 18.2 Å². The van der Waals surface area contributed by atoms with Crippen LogP contribution in [0.3, 0.4) is 0 Å². The highest BCUT2D eigenvalue weighted by atomic mass is 16.3. The predicted octanol–water partition coefficient (Wildman–Crippen LogP) is 14.1. The fourth-order valence-corrected chi connectivity index (χ4v) is 8.14. The van der Waals surface area contributed by atoms with E-state index in [2.05, 4.69) is 182 Å². The maximum Gasteiger partial charge on any atom is 0.164 e. The molecule has 0 radical (unpaired) electrons. The van der Waals surface area contributed by atoms with Crippen LogP contribution in [0.25, 0.3) is 111 Å². The lowest BCUT2D eigenvalue weighted by Gasteiger charge is -2.13.